The van der Waals surface area contributed by atoms with Gasteiger partial charge in [0.2, 0.25) is 0 Å². The monoisotopic (exact) mass is 189 g/mol. The third-order valence-corrected chi connectivity index (χ3v) is 3.82. The molecule has 0 aliphatic heterocycles. The normalized spacial score (nSPS) is 26.2. The summed E-state index contributed by atoms with van der Waals surface area (Å²) in [5, 5.41) is 0. The second kappa shape index (κ2) is 3.38. The fourth-order valence-corrected chi connectivity index (χ4v) is 2.28. The summed E-state index contributed by atoms with van der Waals surface area (Å²) in [5.41, 5.74) is 1.93. The molecule has 0 saturated heterocycles. The van der Waals surface area contributed by atoms with Crippen LogP contribution < -0.4 is 0 Å². The lowest BCUT2D eigenvalue weighted by atomic mass is 9.83. The third kappa shape index (κ3) is 1.68. The zero-order valence-electron chi connectivity index (χ0n) is 9.33. The highest BCUT2D eigenvalue weighted by atomic mass is 14.6. The number of hydrogen-bond donors (Lipinski definition) is 0. The van der Waals surface area contributed by atoms with Gasteiger partial charge in [-0.05, 0) is 35.3 Å². The van der Waals surface area contributed by atoms with Crippen molar-refractivity contribution < 1.29 is 0 Å². The highest BCUT2D eigenvalue weighted by Gasteiger charge is 2.47. The smallest absolute Gasteiger partial charge is 0.0302 e. The summed E-state index contributed by atoms with van der Waals surface area (Å²) in [7, 11) is 0. The predicted octanol–water partition coefficient (Wildman–Crippen LogP) is 3.62. The SMILES string of the molecule is CCC(C)(C)C1C[C@H]1c1cccnc1. The second-order valence-corrected chi connectivity index (χ2v) is 5.08. The first-order valence-electron chi connectivity index (χ1n) is 5.55. The van der Waals surface area contributed by atoms with Gasteiger partial charge in [0, 0.05) is 12.4 Å². The highest BCUT2D eigenvalue weighted by Crippen LogP contribution is 2.57. The predicted molar refractivity (Wildman–Crippen MR) is 59.2 cm³/mol. The van der Waals surface area contributed by atoms with Crippen LogP contribution in [-0.4, -0.2) is 4.98 Å². The maximum Gasteiger partial charge on any atom is 0.0302 e. The Hall–Kier alpha value is -0.850. The molecule has 1 aliphatic carbocycles. The number of aromatic nitrogens is 1. The first kappa shape index (κ1) is 9.70. The van der Waals surface area contributed by atoms with Gasteiger partial charge in [-0.2, -0.15) is 0 Å². The van der Waals surface area contributed by atoms with Crippen LogP contribution in [0.4, 0.5) is 0 Å². The largest absolute Gasteiger partial charge is 0.264 e. The minimum atomic E-state index is 0.501. The summed E-state index contributed by atoms with van der Waals surface area (Å²) < 4.78 is 0. The van der Waals surface area contributed by atoms with Crippen LogP contribution in [0.25, 0.3) is 0 Å². The van der Waals surface area contributed by atoms with E-state index in [0.717, 1.165) is 11.8 Å². The zero-order valence-corrected chi connectivity index (χ0v) is 9.33. The molecular formula is C13H19N. The summed E-state index contributed by atoms with van der Waals surface area (Å²) in [5.74, 6) is 1.65. The van der Waals surface area contributed by atoms with E-state index in [1.54, 1.807) is 0 Å². The molecule has 1 aromatic heterocycles. The molecule has 0 aromatic carbocycles. The number of pyridine rings is 1. The summed E-state index contributed by atoms with van der Waals surface area (Å²) in [6.07, 6.45) is 6.50. The Morgan fingerprint density at radius 3 is 2.86 bits per heavy atom. The van der Waals surface area contributed by atoms with Crippen molar-refractivity contribution in [1.29, 1.82) is 0 Å². The molecule has 0 amide bonds. The Morgan fingerprint density at radius 2 is 2.29 bits per heavy atom. The minimum Gasteiger partial charge on any atom is -0.264 e. The Kier molecular flexibility index (Phi) is 2.34. The van der Waals surface area contributed by atoms with E-state index in [1.807, 2.05) is 18.5 Å². The molecule has 1 aliphatic rings. The van der Waals surface area contributed by atoms with Gasteiger partial charge in [-0.1, -0.05) is 33.3 Å². The van der Waals surface area contributed by atoms with Gasteiger partial charge < -0.3 is 0 Å². The maximum atomic E-state index is 4.19. The lowest BCUT2D eigenvalue weighted by Crippen LogP contribution is -2.13. The Labute approximate surface area is 86.6 Å². The van der Waals surface area contributed by atoms with E-state index in [0.29, 0.717) is 5.41 Å². The van der Waals surface area contributed by atoms with E-state index in [4.69, 9.17) is 0 Å². The lowest BCUT2D eigenvalue weighted by Gasteiger charge is -2.22. The first-order valence-corrected chi connectivity index (χ1v) is 5.55. The third-order valence-electron chi connectivity index (χ3n) is 3.82. The van der Waals surface area contributed by atoms with Crippen molar-refractivity contribution in [2.75, 3.05) is 0 Å². The number of hydrogen-bond acceptors (Lipinski definition) is 1. The summed E-state index contributed by atoms with van der Waals surface area (Å²) in [6, 6.07) is 4.26. The van der Waals surface area contributed by atoms with Crippen molar-refractivity contribution in [1.82, 2.24) is 4.98 Å². The van der Waals surface area contributed by atoms with Gasteiger partial charge in [0.05, 0.1) is 0 Å². The first-order chi connectivity index (χ1) is 6.65. The lowest BCUT2D eigenvalue weighted by molar-refractivity contribution is 0.291. The van der Waals surface area contributed by atoms with Crippen molar-refractivity contribution in [3.05, 3.63) is 30.1 Å². The molecule has 0 N–H and O–H groups in total. The van der Waals surface area contributed by atoms with E-state index >= 15 is 0 Å². The standard InChI is InChI=1S/C13H19N/c1-4-13(2,3)12-8-11(12)10-6-5-7-14-9-10/h5-7,9,11-12H,4,8H2,1-3H3/t11-,12?/m0/s1. The van der Waals surface area contributed by atoms with Gasteiger partial charge in [-0.3, -0.25) is 4.98 Å². The average Bonchev–Trinajstić information content (AvgIpc) is 2.99. The Balaban J connectivity index is 2.07. The van der Waals surface area contributed by atoms with E-state index in [-0.39, 0.29) is 0 Å². The maximum absolute atomic E-state index is 4.19. The van der Waals surface area contributed by atoms with Crippen LogP contribution in [0.15, 0.2) is 24.5 Å². The van der Waals surface area contributed by atoms with E-state index < -0.39 is 0 Å². The molecule has 1 heterocycles. The van der Waals surface area contributed by atoms with Gasteiger partial charge in [-0.25, -0.2) is 0 Å². The molecule has 0 bridgehead atoms. The molecule has 14 heavy (non-hydrogen) atoms. The van der Waals surface area contributed by atoms with Crippen LogP contribution >= 0.6 is 0 Å². The average molecular weight is 189 g/mol. The summed E-state index contributed by atoms with van der Waals surface area (Å²) in [4.78, 5) is 4.19. The molecule has 0 spiro atoms. The fourth-order valence-electron chi connectivity index (χ4n) is 2.28. The van der Waals surface area contributed by atoms with Gasteiger partial charge in [0.25, 0.3) is 0 Å². The minimum absolute atomic E-state index is 0.501. The van der Waals surface area contributed by atoms with Crippen molar-refractivity contribution >= 4 is 0 Å². The van der Waals surface area contributed by atoms with Gasteiger partial charge in [-0.15, -0.1) is 0 Å². The van der Waals surface area contributed by atoms with Crippen molar-refractivity contribution in [2.45, 2.75) is 39.5 Å². The molecule has 1 aromatic rings. The molecular weight excluding hydrogens is 170 g/mol. The van der Waals surface area contributed by atoms with Crippen LogP contribution in [0.1, 0.15) is 45.1 Å². The molecule has 1 unspecified atom stereocenters. The topological polar surface area (TPSA) is 12.9 Å². The highest BCUT2D eigenvalue weighted by molar-refractivity contribution is 5.23. The molecule has 0 radical (unpaired) electrons. The van der Waals surface area contributed by atoms with Crippen LogP contribution in [0.2, 0.25) is 0 Å². The van der Waals surface area contributed by atoms with Crippen molar-refractivity contribution in [3.63, 3.8) is 0 Å². The molecule has 1 fully saturated rings. The van der Waals surface area contributed by atoms with Crippen molar-refractivity contribution in [3.8, 4) is 0 Å². The molecule has 1 saturated carbocycles. The Morgan fingerprint density at radius 1 is 1.50 bits per heavy atom. The molecule has 1 nitrogen and oxygen atoms in total. The molecule has 2 rings (SSSR count). The molecule has 2 atom stereocenters. The van der Waals surface area contributed by atoms with Gasteiger partial charge in [0.15, 0.2) is 0 Å². The molecule has 76 valence electrons. The second-order valence-electron chi connectivity index (χ2n) is 5.08. The zero-order chi connectivity index (χ0) is 10.2. The fraction of sp³-hybridized carbons (Fsp3) is 0.615. The van der Waals surface area contributed by atoms with E-state index in [1.165, 1.54) is 18.4 Å². The van der Waals surface area contributed by atoms with Crippen LogP contribution in [0.3, 0.4) is 0 Å². The van der Waals surface area contributed by atoms with Crippen LogP contribution in [0, 0.1) is 11.3 Å². The van der Waals surface area contributed by atoms with E-state index in [9.17, 15) is 0 Å². The number of nitrogens with zero attached hydrogens (tertiary/aromatic N) is 1. The van der Waals surface area contributed by atoms with Crippen molar-refractivity contribution in [2.24, 2.45) is 11.3 Å². The van der Waals surface area contributed by atoms with E-state index in [2.05, 4.69) is 31.8 Å². The van der Waals surface area contributed by atoms with Crippen LogP contribution in [0.5, 0.6) is 0 Å². The Bertz CT molecular complexity index is 302. The summed E-state index contributed by atoms with van der Waals surface area (Å²) in [6.45, 7) is 7.06. The van der Waals surface area contributed by atoms with Gasteiger partial charge in [0.1, 0.15) is 0 Å². The quantitative estimate of drug-likeness (QED) is 0.707. The number of rotatable bonds is 3. The van der Waals surface area contributed by atoms with Crippen LogP contribution in [-0.2, 0) is 0 Å². The summed E-state index contributed by atoms with van der Waals surface area (Å²) >= 11 is 0. The molecule has 1 heteroatoms. The van der Waals surface area contributed by atoms with Gasteiger partial charge >= 0.3 is 0 Å².